The van der Waals surface area contributed by atoms with Crippen molar-refractivity contribution in [2.45, 2.75) is 13.3 Å². The number of fused-ring (bicyclic) bond motifs is 1. The number of benzene rings is 1. The smallest absolute Gasteiger partial charge is 0.272 e. The maximum absolute atomic E-state index is 12.5. The molecule has 4 N–H and O–H groups in total. The molecule has 3 rings (SSSR count). The summed E-state index contributed by atoms with van der Waals surface area (Å²) in [4.78, 5) is 31.0. The van der Waals surface area contributed by atoms with Crippen LogP contribution in [0.5, 0.6) is 0 Å². The van der Waals surface area contributed by atoms with Crippen molar-refractivity contribution in [3.63, 3.8) is 0 Å². The predicted molar refractivity (Wildman–Crippen MR) is 106 cm³/mol. The molecule has 0 saturated carbocycles. The van der Waals surface area contributed by atoms with Crippen molar-refractivity contribution >= 4 is 28.7 Å². The number of nitrogens with zero attached hydrogens (tertiary/aromatic N) is 1. The van der Waals surface area contributed by atoms with Crippen LogP contribution in [0.4, 0.5) is 0 Å². The zero-order valence-electron chi connectivity index (χ0n) is 14.9. The number of hydrogen-bond donors (Lipinski definition) is 3. The summed E-state index contributed by atoms with van der Waals surface area (Å²) < 4.78 is 0. The fourth-order valence-electron chi connectivity index (χ4n) is 2.76. The van der Waals surface area contributed by atoms with Crippen molar-refractivity contribution in [2.24, 2.45) is 5.73 Å². The quantitative estimate of drug-likeness (QED) is 0.357. The minimum Gasteiger partial charge on any atom is -0.404 e. The van der Waals surface area contributed by atoms with Crippen molar-refractivity contribution in [3.8, 4) is 0 Å². The van der Waals surface area contributed by atoms with Gasteiger partial charge < -0.3 is 16.0 Å². The van der Waals surface area contributed by atoms with E-state index in [-0.39, 0.29) is 5.70 Å². The maximum atomic E-state index is 12.5. The topological polar surface area (TPSA) is 101 Å². The zero-order valence-corrected chi connectivity index (χ0v) is 14.9. The predicted octanol–water partition coefficient (Wildman–Crippen LogP) is 2.94. The van der Waals surface area contributed by atoms with E-state index >= 15 is 0 Å². The van der Waals surface area contributed by atoms with Gasteiger partial charge in [0.2, 0.25) is 0 Å². The monoisotopic (exact) mass is 360 g/mol. The second kappa shape index (κ2) is 8.14. The van der Waals surface area contributed by atoms with E-state index in [1.807, 2.05) is 18.2 Å². The summed E-state index contributed by atoms with van der Waals surface area (Å²) in [5.74, 6) is -0.395. The lowest BCUT2D eigenvalue weighted by Crippen LogP contribution is -2.24. The average molecular weight is 360 g/mol. The van der Waals surface area contributed by atoms with Gasteiger partial charge in [0, 0.05) is 29.5 Å². The minimum absolute atomic E-state index is 0.112. The van der Waals surface area contributed by atoms with E-state index in [0.717, 1.165) is 22.9 Å². The van der Waals surface area contributed by atoms with Gasteiger partial charge in [0.05, 0.1) is 5.70 Å². The summed E-state index contributed by atoms with van der Waals surface area (Å²) in [6, 6.07) is 11.3. The molecule has 0 bridgehead atoms. The highest BCUT2D eigenvalue weighted by atomic mass is 16.2. The molecule has 2 aromatic heterocycles. The Morgan fingerprint density at radius 2 is 2.00 bits per heavy atom. The van der Waals surface area contributed by atoms with Crippen LogP contribution in [0.15, 0.2) is 66.8 Å². The third-order valence-corrected chi connectivity index (χ3v) is 4.23. The van der Waals surface area contributed by atoms with E-state index in [0.29, 0.717) is 17.6 Å². The molecular formula is C21H20N4O2. The van der Waals surface area contributed by atoms with Gasteiger partial charge in [-0.05, 0) is 59.5 Å². The molecule has 0 radical (unpaired) electrons. The number of allylic oxidation sites excluding steroid dienone is 3. The average Bonchev–Trinajstić information content (AvgIpc) is 3.15. The van der Waals surface area contributed by atoms with Crippen molar-refractivity contribution in [3.05, 3.63) is 83.6 Å². The Balaban J connectivity index is 1.83. The Labute approximate surface area is 156 Å². The number of aromatic amines is 1. The number of aromatic nitrogens is 2. The Bertz CT molecular complexity index is 1030. The minimum atomic E-state index is -0.395. The van der Waals surface area contributed by atoms with Crippen LogP contribution in [0.3, 0.4) is 0 Å². The third-order valence-electron chi connectivity index (χ3n) is 4.23. The molecule has 27 heavy (non-hydrogen) atoms. The van der Waals surface area contributed by atoms with E-state index < -0.39 is 5.91 Å². The van der Waals surface area contributed by atoms with E-state index in [2.05, 4.69) is 22.2 Å². The molecule has 0 aliphatic carbocycles. The first-order chi connectivity index (χ1) is 13.1. The lowest BCUT2D eigenvalue weighted by Gasteiger charge is -2.05. The fourth-order valence-corrected chi connectivity index (χ4v) is 2.76. The molecule has 6 nitrogen and oxygen atoms in total. The molecule has 0 spiro atoms. The Morgan fingerprint density at radius 3 is 2.67 bits per heavy atom. The number of rotatable bonds is 6. The third kappa shape index (κ3) is 4.12. The van der Waals surface area contributed by atoms with E-state index in [1.165, 1.54) is 17.8 Å². The van der Waals surface area contributed by atoms with Crippen molar-refractivity contribution in [1.29, 1.82) is 0 Å². The van der Waals surface area contributed by atoms with Gasteiger partial charge in [-0.25, -0.2) is 0 Å². The standard InChI is InChI=1S/C21H20N4O2/c1-2-14-3-4-19-16(9-14)11-20(25-19)21(27)24-18(13-26)10-17(12-22)15-5-7-23-8-6-15/h3-13,25H,2,22H2,1H3,(H,24,27)/b17-12+,18-10+. The van der Waals surface area contributed by atoms with Crippen LogP contribution in [0.1, 0.15) is 28.5 Å². The van der Waals surface area contributed by atoms with E-state index in [1.54, 1.807) is 30.6 Å². The summed E-state index contributed by atoms with van der Waals surface area (Å²) in [5.41, 5.74) is 9.61. The van der Waals surface area contributed by atoms with Gasteiger partial charge in [0.15, 0.2) is 6.29 Å². The highest BCUT2D eigenvalue weighted by Crippen LogP contribution is 2.18. The van der Waals surface area contributed by atoms with Gasteiger partial charge in [-0.3, -0.25) is 14.6 Å². The molecule has 1 amide bonds. The number of aldehydes is 1. The largest absolute Gasteiger partial charge is 0.404 e. The van der Waals surface area contributed by atoms with Crippen LogP contribution in [-0.4, -0.2) is 22.2 Å². The second-order valence-electron chi connectivity index (χ2n) is 5.99. The number of nitrogens with one attached hydrogen (secondary N) is 2. The molecule has 0 saturated heterocycles. The molecule has 6 heteroatoms. The number of H-pyrrole nitrogens is 1. The zero-order chi connectivity index (χ0) is 19.2. The first-order valence-corrected chi connectivity index (χ1v) is 8.56. The summed E-state index contributed by atoms with van der Waals surface area (Å²) in [7, 11) is 0. The molecule has 0 unspecified atom stereocenters. The maximum Gasteiger partial charge on any atom is 0.272 e. The molecule has 1 aromatic carbocycles. The molecule has 0 fully saturated rings. The van der Waals surface area contributed by atoms with Crippen LogP contribution >= 0.6 is 0 Å². The fraction of sp³-hybridized carbons (Fsp3) is 0.0952. The summed E-state index contributed by atoms with van der Waals surface area (Å²) >= 11 is 0. The summed E-state index contributed by atoms with van der Waals surface area (Å²) in [6.07, 6.45) is 7.66. The van der Waals surface area contributed by atoms with Gasteiger partial charge in [-0.15, -0.1) is 0 Å². The lowest BCUT2D eigenvalue weighted by atomic mass is 10.1. The number of carbonyl (C=O) groups is 2. The second-order valence-corrected chi connectivity index (χ2v) is 5.99. The van der Waals surface area contributed by atoms with Gasteiger partial charge >= 0.3 is 0 Å². The molecule has 136 valence electrons. The Kier molecular flexibility index (Phi) is 5.47. The highest BCUT2D eigenvalue weighted by molar-refractivity contribution is 6.01. The van der Waals surface area contributed by atoms with E-state index in [4.69, 9.17) is 5.73 Å². The molecule has 0 atom stereocenters. The number of nitrogens with two attached hydrogens (primary N) is 1. The first-order valence-electron chi connectivity index (χ1n) is 8.56. The van der Waals surface area contributed by atoms with Crippen molar-refractivity contribution < 1.29 is 9.59 Å². The lowest BCUT2D eigenvalue weighted by molar-refractivity contribution is -0.105. The molecular weight excluding hydrogens is 340 g/mol. The number of hydrogen-bond acceptors (Lipinski definition) is 4. The van der Waals surface area contributed by atoms with Crippen LogP contribution in [0.25, 0.3) is 16.5 Å². The highest BCUT2D eigenvalue weighted by Gasteiger charge is 2.12. The Morgan fingerprint density at radius 1 is 1.22 bits per heavy atom. The number of aryl methyl sites for hydroxylation is 1. The van der Waals surface area contributed by atoms with Gasteiger partial charge in [-0.2, -0.15) is 0 Å². The molecule has 0 aliphatic heterocycles. The van der Waals surface area contributed by atoms with Crippen molar-refractivity contribution in [1.82, 2.24) is 15.3 Å². The number of carbonyl (C=O) groups excluding carboxylic acids is 2. The van der Waals surface area contributed by atoms with Gasteiger partial charge in [0.25, 0.3) is 5.91 Å². The molecule has 2 heterocycles. The Hall–Kier alpha value is -3.67. The first kappa shape index (κ1) is 18.1. The SMILES string of the molecule is CCc1ccc2[nH]c(C(=O)N/C(C=O)=C/C(=C\N)c3ccncc3)cc2c1. The van der Waals surface area contributed by atoms with Gasteiger partial charge in [0.1, 0.15) is 5.69 Å². The van der Waals surface area contributed by atoms with Crippen LogP contribution in [0.2, 0.25) is 0 Å². The van der Waals surface area contributed by atoms with Crippen molar-refractivity contribution in [2.75, 3.05) is 0 Å². The normalized spacial score (nSPS) is 12.2. The number of pyridine rings is 1. The summed E-state index contributed by atoms with van der Waals surface area (Å²) in [6.45, 7) is 2.08. The van der Waals surface area contributed by atoms with E-state index in [9.17, 15) is 9.59 Å². The summed E-state index contributed by atoms with van der Waals surface area (Å²) in [5, 5.41) is 3.57. The van der Waals surface area contributed by atoms with Gasteiger partial charge in [-0.1, -0.05) is 13.0 Å². The molecule has 0 aliphatic rings. The molecule has 3 aromatic rings. The number of amides is 1. The van der Waals surface area contributed by atoms with Crippen LogP contribution in [0, 0.1) is 0 Å². The van der Waals surface area contributed by atoms with Crippen LogP contribution in [-0.2, 0) is 11.2 Å². The van der Waals surface area contributed by atoms with Crippen LogP contribution < -0.4 is 11.1 Å².